The third-order valence-electron chi connectivity index (χ3n) is 3.36. The second-order valence-electron chi connectivity index (χ2n) is 4.77. The molecular weight excluding hydrogens is 344 g/mol. The van der Waals surface area contributed by atoms with Gasteiger partial charge in [0.2, 0.25) is 5.89 Å². The third-order valence-corrected chi connectivity index (χ3v) is 3.72. The van der Waals surface area contributed by atoms with Gasteiger partial charge in [-0.15, -0.1) is 0 Å². The van der Waals surface area contributed by atoms with Crippen LogP contribution in [0, 0.1) is 0 Å². The molecule has 2 aromatic heterocycles. The number of alkyl halides is 1. The molecule has 0 fully saturated rings. The highest BCUT2D eigenvalue weighted by Gasteiger charge is 2.10. The lowest BCUT2D eigenvalue weighted by atomic mass is 10.2. The zero-order valence-corrected chi connectivity index (χ0v) is 13.8. The fourth-order valence-electron chi connectivity index (χ4n) is 2.14. The molecule has 0 N–H and O–H groups in total. The maximum atomic E-state index is 5.86. The molecule has 0 aliphatic carbocycles. The second kappa shape index (κ2) is 6.75. The molecule has 112 valence electrons. The van der Waals surface area contributed by atoms with Gasteiger partial charge in [-0.25, -0.2) is 9.55 Å². The van der Waals surface area contributed by atoms with Crippen LogP contribution in [-0.2, 0) is 6.54 Å². The molecule has 0 saturated carbocycles. The Hall–Kier alpha value is -2.14. The van der Waals surface area contributed by atoms with E-state index < -0.39 is 0 Å². The first-order chi connectivity index (χ1) is 10.8. The van der Waals surface area contributed by atoms with E-state index >= 15 is 0 Å². The van der Waals surface area contributed by atoms with E-state index in [4.69, 9.17) is 9.15 Å². The average molecular weight is 360 g/mol. The Balaban J connectivity index is 1.83. The van der Waals surface area contributed by atoms with E-state index in [9.17, 15) is 0 Å². The zero-order chi connectivity index (χ0) is 15.4. The number of hydrogen-bond acceptors (Lipinski definition) is 3. The Morgan fingerprint density at radius 1 is 1.09 bits per heavy atom. The first-order valence-corrected chi connectivity index (χ1v) is 8.08. The predicted molar refractivity (Wildman–Crippen MR) is 87.9 cm³/mol. The molecule has 0 bridgehead atoms. The van der Waals surface area contributed by atoms with Crippen LogP contribution in [0.3, 0.4) is 0 Å². The Labute approximate surface area is 137 Å². The summed E-state index contributed by atoms with van der Waals surface area (Å²) in [6, 6.07) is 11.7. The minimum Gasteiger partial charge on any atom is -0.497 e. The summed E-state index contributed by atoms with van der Waals surface area (Å²) in [6.07, 6.45) is 5.79. The number of halogens is 1. The summed E-state index contributed by atoms with van der Waals surface area (Å²) in [5.41, 5.74) is 1.94. The van der Waals surface area contributed by atoms with Crippen LogP contribution in [0.1, 0.15) is 0 Å². The maximum Gasteiger partial charge on any atom is 0.227 e. The number of nitrogens with zero attached hydrogens (tertiary/aromatic N) is 2. The molecule has 22 heavy (non-hydrogen) atoms. The van der Waals surface area contributed by atoms with Gasteiger partial charge in [0.15, 0.2) is 24.7 Å². The van der Waals surface area contributed by atoms with E-state index in [-0.39, 0.29) is 0 Å². The second-order valence-corrected chi connectivity index (χ2v) is 5.56. The SMILES string of the molecule is COc1ccc(-c2cnc(-c3cc[n+](CCBr)cc3)o2)cc1. The van der Waals surface area contributed by atoms with E-state index in [0.29, 0.717) is 5.89 Å². The first kappa shape index (κ1) is 14.8. The Bertz CT molecular complexity index is 736. The van der Waals surface area contributed by atoms with Gasteiger partial charge in [0.25, 0.3) is 0 Å². The maximum absolute atomic E-state index is 5.86. The number of aryl methyl sites for hydroxylation is 1. The number of hydrogen-bond donors (Lipinski definition) is 0. The summed E-state index contributed by atoms with van der Waals surface area (Å²) in [6.45, 7) is 0.933. The van der Waals surface area contributed by atoms with Gasteiger partial charge in [-0.1, -0.05) is 15.9 Å². The quantitative estimate of drug-likeness (QED) is 0.515. The summed E-state index contributed by atoms with van der Waals surface area (Å²) >= 11 is 3.43. The highest BCUT2D eigenvalue weighted by molar-refractivity contribution is 9.09. The number of aromatic nitrogens is 2. The molecule has 0 amide bonds. The number of oxazole rings is 1. The van der Waals surface area contributed by atoms with Crippen LogP contribution in [0.15, 0.2) is 59.4 Å². The Morgan fingerprint density at radius 2 is 1.82 bits per heavy atom. The van der Waals surface area contributed by atoms with Gasteiger partial charge >= 0.3 is 0 Å². The summed E-state index contributed by atoms with van der Waals surface area (Å²) in [5.74, 6) is 2.19. The molecule has 0 atom stereocenters. The Morgan fingerprint density at radius 3 is 2.45 bits per heavy atom. The van der Waals surface area contributed by atoms with Crippen molar-refractivity contribution >= 4 is 15.9 Å². The van der Waals surface area contributed by atoms with Crippen LogP contribution >= 0.6 is 15.9 Å². The lowest BCUT2D eigenvalue weighted by molar-refractivity contribution is -0.692. The van der Waals surface area contributed by atoms with Crippen molar-refractivity contribution in [1.82, 2.24) is 4.98 Å². The van der Waals surface area contributed by atoms with E-state index in [1.165, 1.54) is 0 Å². The van der Waals surface area contributed by atoms with Crippen LogP contribution in [-0.4, -0.2) is 17.4 Å². The standard InChI is InChI=1S/C17H16BrN2O2/c1-21-15-4-2-13(3-5-15)16-12-19-17(22-16)14-6-9-20(10-7-14)11-8-18/h2-7,9-10,12H,8,11H2,1H3/q+1. The molecule has 0 aliphatic heterocycles. The van der Waals surface area contributed by atoms with Crippen molar-refractivity contribution < 1.29 is 13.7 Å². The summed E-state index contributed by atoms with van der Waals surface area (Å²) in [5, 5.41) is 0.928. The van der Waals surface area contributed by atoms with Crippen molar-refractivity contribution in [2.24, 2.45) is 0 Å². The molecule has 0 saturated heterocycles. The molecule has 3 aromatic rings. The molecule has 1 aromatic carbocycles. The van der Waals surface area contributed by atoms with Crippen molar-refractivity contribution in [1.29, 1.82) is 0 Å². The van der Waals surface area contributed by atoms with Crippen molar-refractivity contribution in [3.8, 4) is 28.5 Å². The molecule has 0 spiro atoms. The zero-order valence-electron chi connectivity index (χ0n) is 12.2. The number of rotatable bonds is 5. The number of ether oxygens (including phenoxy) is 1. The minimum atomic E-state index is 0.622. The molecule has 0 radical (unpaired) electrons. The number of pyridine rings is 1. The van der Waals surface area contributed by atoms with Crippen molar-refractivity contribution in [3.05, 3.63) is 55.0 Å². The number of benzene rings is 1. The fraction of sp³-hybridized carbons (Fsp3) is 0.176. The molecule has 2 heterocycles. The lowest BCUT2D eigenvalue weighted by Gasteiger charge is -2.00. The highest BCUT2D eigenvalue weighted by atomic mass is 79.9. The summed E-state index contributed by atoms with van der Waals surface area (Å²) in [4.78, 5) is 4.36. The molecule has 4 nitrogen and oxygen atoms in total. The highest BCUT2D eigenvalue weighted by Crippen LogP contribution is 2.26. The molecule has 3 rings (SSSR count). The van der Waals surface area contributed by atoms with Gasteiger partial charge in [0.1, 0.15) is 5.75 Å². The van der Waals surface area contributed by atoms with Gasteiger partial charge in [-0.2, -0.15) is 0 Å². The van der Waals surface area contributed by atoms with E-state index in [1.807, 2.05) is 48.8 Å². The normalized spacial score (nSPS) is 10.6. The first-order valence-electron chi connectivity index (χ1n) is 6.96. The van der Waals surface area contributed by atoms with Crippen molar-refractivity contribution in [2.45, 2.75) is 6.54 Å². The summed E-state index contributed by atoms with van der Waals surface area (Å²) in [7, 11) is 1.65. The monoisotopic (exact) mass is 359 g/mol. The van der Waals surface area contributed by atoms with Gasteiger partial charge in [-0.05, 0) is 24.3 Å². The van der Waals surface area contributed by atoms with Crippen LogP contribution < -0.4 is 9.30 Å². The van der Waals surface area contributed by atoms with Gasteiger partial charge in [0.05, 0.1) is 18.6 Å². The van der Waals surface area contributed by atoms with Gasteiger partial charge in [0, 0.05) is 23.3 Å². The smallest absolute Gasteiger partial charge is 0.227 e. The molecular formula is C17H16BrN2O2+. The number of methoxy groups -OCH3 is 1. The van der Waals surface area contributed by atoms with E-state index in [2.05, 4.69) is 25.5 Å². The van der Waals surface area contributed by atoms with E-state index in [1.54, 1.807) is 13.3 Å². The minimum absolute atomic E-state index is 0.622. The largest absolute Gasteiger partial charge is 0.497 e. The van der Waals surface area contributed by atoms with Gasteiger partial charge in [-0.3, -0.25) is 0 Å². The lowest BCUT2D eigenvalue weighted by Crippen LogP contribution is -2.33. The molecule has 0 unspecified atom stereocenters. The average Bonchev–Trinajstić information content (AvgIpc) is 3.06. The molecule has 5 heteroatoms. The third kappa shape index (κ3) is 3.20. The Kier molecular flexibility index (Phi) is 4.53. The van der Waals surface area contributed by atoms with Crippen molar-refractivity contribution in [3.63, 3.8) is 0 Å². The van der Waals surface area contributed by atoms with Crippen LogP contribution in [0.25, 0.3) is 22.8 Å². The fourth-order valence-corrected chi connectivity index (χ4v) is 2.55. The van der Waals surface area contributed by atoms with Crippen LogP contribution in [0.4, 0.5) is 0 Å². The summed E-state index contributed by atoms with van der Waals surface area (Å²) < 4.78 is 13.1. The topological polar surface area (TPSA) is 39.1 Å². The molecule has 0 aliphatic rings. The predicted octanol–water partition coefficient (Wildman–Crippen LogP) is 3.70. The van der Waals surface area contributed by atoms with E-state index in [0.717, 1.165) is 34.5 Å². The van der Waals surface area contributed by atoms with Gasteiger partial charge < -0.3 is 9.15 Å². The van der Waals surface area contributed by atoms with Crippen LogP contribution in [0.2, 0.25) is 0 Å². The van der Waals surface area contributed by atoms with Crippen molar-refractivity contribution in [2.75, 3.05) is 12.4 Å². The van der Waals surface area contributed by atoms with Crippen LogP contribution in [0.5, 0.6) is 5.75 Å².